The van der Waals surface area contributed by atoms with Crippen LogP contribution in [0.2, 0.25) is 0 Å². The first kappa shape index (κ1) is 17.3. The van der Waals surface area contributed by atoms with Crippen molar-refractivity contribution in [1.29, 1.82) is 0 Å². The third-order valence-corrected chi connectivity index (χ3v) is 5.43. The van der Waals surface area contributed by atoms with Crippen LogP contribution in [-0.4, -0.2) is 19.2 Å². The molecule has 2 rings (SSSR count). The van der Waals surface area contributed by atoms with E-state index >= 15 is 0 Å². The maximum atomic E-state index is 5.91. The summed E-state index contributed by atoms with van der Waals surface area (Å²) in [7, 11) is 0. The van der Waals surface area contributed by atoms with Gasteiger partial charge in [-0.3, -0.25) is 0 Å². The van der Waals surface area contributed by atoms with Crippen LogP contribution in [0.3, 0.4) is 0 Å². The lowest BCUT2D eigenvalue weighted by Gasteiger charge is -2.32. The van der Waals surface area contributed by atoms with E-state index in [1.807, 2.05) is 0 Å². The number of benzene rings is 1. The summed E-state index contributed by atoms with van der Waals surface area (Å²) in [6.07, 6.45) is 6.66. The Balaban J connectivity index is 1.59. The van der Waals surface area contributed by atoms with Gasteiger partial charge in [0, 0.05) is 5.92 Å². The Hall–Kier alpha value is -1.02. The number of hydrogen-bond acceptors (Lipinski definition) is 1. The monoisotopic (exact) mass is 304 g/mol. The molecular weight excluding hydrogens is 270 g/mol. The van der Waals surface area contributed by atoms with Gasteiger partial charge in [-0.1, -0.05) is 31.5 Å². The van der Waals surface area contributed by atoms with E-state index in [9.17, 15) is 0 Å². The molecule has 2 heteroatoms. The minimum Gasteiger partial charge on any atom is -0.493 e. The van der Waals surface area contributed by atoms with Gasteiger partial charge in [0.2, 0.25) is 0 Å². The number of nitrogens with two attached hydrogens (primary N) is 1. The fourth-order valence-electron chi connectivity index (χ4n) is 3.68. The molecule has 1 aliphatic rings. The fraction of sp³-hybridized carbons (Fsp3) is 0.700. The van der Waals surface area contributed by atoms with Crippen LogP contribution in [0.25, 0.3) is 0 Å². The second-order valence-electron chi connectivity index (χ2n) is 7.28. The largest absolute Gasteiger partial charge is 0.493 e. The summed E-state index contributed by atoms with van der Waals surface area (Å²) in [4.78, 5) is 0. The predicted octanol–water partition coefficient (Wildman–Crippen LogP) is 3.85. The van der Waals surface area contributed by atoms with Gasteiger partial charge in [0.25, 0.3) is 0 Å². The summed E-state index contributed by atoms with van der Waals surface area (Å²) in [5.41, 5.74) is 2.55. The van der Waals surface area contributed by atoms with Crippen LogP contribution in [-0.2, 0) is 0 Å². The standard InChI is InChI=1S/C20H33NO/c1-15-10-11-20(17(3)14-15)22-13-6-5-12-21-19-9-7-8-16(2)18(19)4/h10-11,14,16,18-19,21H,5-9,12-13H2,1-4H3/p+1/t16-,18+,19+/m1/s1. The van der Waals surface area contributed by atoms with E-state index in [1.165, 1.54) is 43.4 Å². The van der Waals surface area contributed by atoms with Crippen LogP contribution in [0.5, 0.6) is 5.75 Å². The molecule has 0 aliphatic heterocycles. The van der Waals surface area contributed by atoms with Crippen molar-refractivity contribution in [2.75, 3.05) is 13.2 Å². The second-order valence-corrected chi connectivity index (χ2v) is 7.28. The smallest absolute Gasteiger partial charge is 0.122 e. The van der Waals surface area contributed by atoms with Gasteiger partial charge < -0.3 is 10.1 Å². The van der Waals surface area contributed by atoms with Gasteiger partial charge in [-0.05, 0) is 63.5 Å². The lowest BCUT2D eigenvalue weighted by molar-refractivity contribution is -0.699. The molecular formula is C20H34NO+. The molecule has 1 fully saturated rings. The van der Waals surface area contributed by atoms with Crippen molar-refractivity contribution in [1.82, 2.24) is 0 Å². The van der Waals surface area contributed by atoms with E-state index in [4.69, 9.17) is 4.74 Å². The first-order chi connectivity index (χ1) is 10.6. The Morgan fingerprint density at radius 1 is 1.14 bits per heavy atom. The van der Waals surface area contributed by atoms with Gasteiger partial charge in [-0.25, -0.2) is 0 Å². The minimum atomic E-state index is 0.842. The highest BCUT2D eigenvalue weighted by molar-refractivity contribution is 5.35. The fourth-order valence-corrected chi connectivity index (χ4v) is 3.68. The Kier molecular flexibility index (Phi) is 6.75. The zero-order valence-electron chi connectivity index (χ0n) is 14.9. The van der Waals surface area contributed by atoms with E-state index in [0.29, 0.717) is 0 Å². The molecule has 1 aromatic rings. The SMILES string of the molecule is Cc1ccc(OCCCC[NH2+][C@H]2CCC[C@@H](C)[C@@H]2C)c(C)c1. The summed E-state index contributed by atoms with van der Waals surface area (Å²) >= 11 is 0. The van der Waals surface area contributed by atoms with Crippen LogP contribution in [0.1, 0.15) is 57.1 Å². The summed E-state index contributed by atoms with van der Waals surface area (Å²) < 4.78 is 5.91. The van der Waals surface area contributed by atoms with Crippen molar-refractivity contribution in [3.8, 4) is 5.75 Å². The van der Waals surface area contributed by atoms with Gasteiger partial charge in [0.05, 0.1) is 19.2 Å². The Labute approximate surface area is 136 Å². The number of ether oxygens (including phenoxy) is 1. The van der Waals surface area contributed by atoms with Gasteiger partial charge in [-0.2, -0.15) is 0 Å². The Morgan fingerprint density at radius 2 is 1.95 bits per heavy atom. The van der Waals surface area contributed by atoms with E-state index in [1.54, 1.807) is 0 Å². The van der Waals surface area contributed by atoms with Crippen LogP contribution in [0.15, 0.2) is 18.2 Å². The number of quaternary nitrogens is 1. The van der Waals surface area contributed by atoms with Crippen molar-refractivity contribution >= 4 is 0 Å². The number of hydrogen-bond donors (Lipinski definition) is 1. The summed E-state index contributed by atoms with van der Waals surface area (Å²) in [5, 5.41) is 2.59. The zero-order valence-corrected chi connectivity index (χ0v) is 14.9. The van der Waals surface area contributed by atoms with E-state index in [-0.39, 0.29) is 0 Å². The molecule has 0 saturated heterocycles. The second kappa shape index (κ2) is 8.57. The third kappa shape index (κ3) is 5.01. The van der Waals surface area contributed by atoms with Crippen LogP contribution in [0, 0.1) is 25.7 Å². The topological polar surface area (TPSA) is 25.8 Å². The van der Waals surface area contributed by atoms with Crippen molar-refractivity contribution < 1.29 is 10.1 Å². The lowest BCUT2D eigenvalue weighted by atomic mass is 9.78. The predicted molar refractivity (Wildman–Crippen MR) is 93.4 cm³/mol. The molecule has 2 nitrogen and oxygen atoms in total. The molecule has 0 spiro atoms. The Morgan fingerprint density at radius 3 is 2.73 bits per heavy atom. The Bertz CT molecular complexity index is 457. The highest BCUT2D eigenvalue weighted by Crippen LogP contribution is 2.27. The molecule has 0 heterocycles. The van der Waals surface area contributed by atoms with Crippen LogP contribution >= 0.6 is 0 Å². The zero-order chi connectivity index (χ0) is 15.9. The minimum absolute atomic E-state index is 0.842. The van der Waals surface area contributed by atoms with Crippen LogP contribution in [0.4, 0.5) is 0 Å². The maximum Gasteiger partial charge on any atom is 0.122 e. The average molecular weight is 304 g/mol. The highest BCUT2D eigenvalue weighted by atomic mass is 16.5. The van der Waals surface area contributed by atoms with Gasteiger partial charge >= 0.3 is 0 Å². The van der Waals surface area contributed by atoms with Gasteiger partial charge in [-0.15, -0.1) is 0 Å². The van der Waals surface area contributed by atoms with Crippen molar-refractivity contribution in [2.24, 2.45) is 11.8 Å². The van der Waals surface area contributed by atoms with Crippen molar-refractivity contribution in [3.05, 3.63) is 29.3 Å². The third-order valence-electron chi connectivity index (χ3n) is 5.43. The molecule has 0 radical (unpaired) electrons. The first-order valence-corrected chi connectivity index (χ1v) is 9.11. The number of rotatable bonds is 7. The molecule has 0 unspecified atom stereocenters. The highest BCUT2D eigenvalue weighted by Gasteiger charge is 2.29. The number of aryl methyl sites for hydroxylation is 2. The molecule has 1 aliphatic carbocycles. The van der Waals surface area contributed by atoms with E-state index in [0.717, 1.165) is 36.7 Å². The maximum absolute atomic E-state index is 5.91. The molecule has 0 bridgehead atoms. The van der Waals surface area contributed by atoms with E-state index < -0.39 is 0 Å². The summed E-state index contributed by atoms with van der Waals surface area (Å²) in [5.74, 6) is 2.83. The molecule has 1 saturated carbocycles. The van der Waals surface area contributed by atoms with Gasteiger partial charge in [0.1, 0.15) is 5.75 Å². The lowest BCUT2D eigenvalue weighted by Crippen LogP contribution is -2.92. The molecule has 1 aromatic carbocycles. The molecule has 3 atom stereocenters. The summed E-state index contributed by atoms with van der Waals surface area (Å²) in [6, 6.07) is 7.27. The number of unbranched alkanes of at least 4 members (excludes halogenated alkanes) is 1. The van der Waals surface area contributed by atoms with Gasteiger partial charge in [0.15, 0.2) is 0 Å². The van der Waals surface area contributed by atoms with Crippen molar-refractivity contribution in [3.63, 3.8) is 0 Å². The summed E-state index contributed by atoms with van der Waals surface area (Å²) in [6.45, 7) is 11.2. The molecule has 22 heavy (non-hydrogen) atoms. The molecule has 0 amide bonds. The average Bonchev–Trinajstić information content (AvgIpc) is 2.48. The molecule has 124 valence electrons. The molecule has 2 N–H and O–H groups in total. The van der Waals surface area contributed by atoms with Crippen LogP contribution < -0.4 is 10.1 Å². The first-order valence-electron chi connectivity index (χ1n) is 9.11. The molecule has 0 aromatic heterocycles. The quantitative estimate of drug-likeness (QED) is 0.761. The normalized spacial score (nSPS) is 25.2. The van der Waals surface area contributed by atoms with E-state index in [2.05, 4.69) is 51.2 Å². The van der Waals surface area contributed by atoms with Crippen molar-refractivity contribution in [2.45, 2.75) is 65.8 Å².